The summed E-state index contributed by atoms with van der Waals surface area (Å²) in [5, 5.41) is 0. The van der Waals surface area contributed by atoms with Crippen molar-refractivity contribution >= 4 is 0 Å². The van der Waals surface area contributed by atoms with Gasteiger partial charge in [-0.25, -0.2) is 0 Å². The molecule has 0 aromatic heterocycles. The lowest BCUT2D eigenvalue weighted by Gasteiger charge is -2.38. The molecule has 7 aromatic rings. The second-order valence-corrected chi connectivity index (χ2v) is 49.6. The minimum absolute atomic E-state index is 0.714. The molecule has 0 bridgehead atoms. The van der Waals surface area contributed by atoms with E-state index in [2.05, 4.69) is 273 Å². The molecule has 0 radical (unpaired) electrons. The Morgan fingerprint density at radius 1 is 0.235 bits per heavy atom. The van der Waals surface area contributed by atoms with Crippen LogP contribution in [0.15, 0.2) is 195 Å². The first-order valence-electron chi connectivity index (χ1n) is 65.2. The fourth-order valence-corrected chi connectivity index (χ4v) is 28.5. The second kappa shape index (κ2) is 77.1. The van der Waals surface area contributed by atoms with Gasteiger partial charge in [0.25, 0.3) is 0 Å². The highest BCUT2D eigenvalue weighted by Crippen LogP contribution is 2.49. The first kappa shape index (κ1) is 126. The lowest BCUT2D eigenvalue weighted by atomic mass is 9.68. The number of benzene rings is 7. The summed E-state index contributed by atoms with van der Waals surface area (Å²) in [5.74, 6) is 20.9. The number of ether oxygens (including phenoxy) is 2. The maximum Gasteiger partial charge on any atom is 0.119 e. The van der Waals surface area contributed by atoms with Crippen LogP contribution >= 0.6 is 0 Å². The molecular weight excluding hydrogens is 1800 g/mol. The van der Waals surface area contributed by atoms with Crippen molar-refractivity contribution < 1.29 is 9.47 Å². The number of unbranched alkanes of at least 4 members (excludes halogenated alkanes) is 9. The van der Waals surface area contributed by atoms with Crippen molar-refractivity contribution in [2.45, 2.75) is 534 Å². The highest BCUT2D eigenvalue weighted by atomic mass is 16.5. The van der Waals surface area contributed by atoms with Crippen LogP contribution in [0.4, 0.5) is 0 Å². The summed E-state index contributed by atoms with van der Waals surface area (Å²) < 4.78 is 11.0. The maximum absolute atomic E-state index is 5.50. The van der Waals surface area contributed by atoms with E-state index in [1.807, 2.05) is 26.0 Å². The third-order valence-corrected chi connectivity index (χ3v) is 38.4. The number of hydrogen-bond donors (Lipinski definition) is 0. The summed E-state index contributed by atoms with van der Waals surface area (Å²) in [6, 6.07) is 61.4. The average Bonchev–Trinajstić information content (AvgIpc) is 0.893. The minimum Gasteiger partial charge on any atom is -0.494 e. The molecule has 149 heavy (non-hydrogen) atoms. The van der Waals surface area contributed by atoms with Crippen molar-refractivity contribution in [2.24, 2.45) is 101 Å². The molecule has 0 saturated heterocycles. The molecule has 832 valence electrons. The van der Waals surface area contributed by atoms with Gasteiger partial charge in [0.2, 0.25) is 0 Å². The van der Waals surface area contributed by atoms with E-state index in [9.17, 15) is 0 Å². The molecule has 2 heteroatoms. The smallest absolute Gasteiger partial charge is 0.119 e. The van der Waals surface area contributed by atoms with Gasteiger partial charge in [0.1, 0.15) is 11.5 Å². The van der Waals surface area contributed by atoms with E-state index in [4.69, 9.17) is 9.47 Å². The third kappa shape index (κ3) is 49.3. The first-order valence-corrected chi connectivity index (χ1v) is 65.2. The first-order chi connectivity index (χ1) is 73.1. The lowest BCUT2D eigenvalue weighted by Crippen LogP contribution is -2.25. The van der Waals surface area contributed by atoms with Gasteiger partial charge in [-0.1, -0.05) is 488 Å². The Morgan fingerprint density at radius 3 is 0.745 bits per heavy atom. The largest absolute Gasteiger partial charge is 0.494 e. The quantitative estimate of drug-likeness (QED) is 0.0280. The van der Waals surface area contributed by atoms with Gasteiger partial charge in [-0.3, -0.25) is 0 Å². The maximum atomic E-state index is 5.50. The summed E-state index contributed by atoms with van der Waals surface area (Å²) in [6.07, 6.45) is 103. The van der Waals surface area contributed by atoms with E-state index >= 15 is 0 Å². The van der Waals surface area contributed by atoms with E-state index in [0.717, 1.165) is 137 Å². The van der Waals surface area contributed by atoms with Crippen LogP contribution in [-0.2, 0) is 19.3 Å². The van der Waals surface area contributed by atoms with E-state index in [-0.39, 0.29) is 0 Å². The molecule has 9 aliphatic carbocycles. The number of hydrogen-bond acceptors (Lipinski definition) is 2. The van der Waals surface area contributed by atoms with Gasteiger partial charge in [0.05, 0.1) is 13.2 Å². The van der Waals surface area contributed by atoms with Gasteiger partial charge in [-0.05, 0) is 401 Å². The molecule has 0 spiro atoms. The summed E-state index contributed by atoms with van der Waals surface area (Å²) in [4.78, 5) is 0. The van der Waals surface area contributed by atoms with Crippen LogP contribution in [0.3, 0.4) is 0 Å². The molecule has 7 aromatic carbocycles. The van der Waals surface area contributed by atoms with Gasteiger partial charge >= 0.3 is 0 Å². The number of allylic oxidation sites excluding steroid dienone is 3. The average molecular weight is 2030 g/mol. The number of rotatable bonds is 44. The Hall–Kier alpha value is -6.38. The fraction of sp³-hybridized carbons (Fsp3) is 0.687. The van der Waals surface area contributed by atoms with E-state index in [0.29, 0.717) is 6.61 Å². The molecule has 0 heterocycles. The Morgan fingerprint density at radius 2 is 0.477 bits per heavy atom. The SMILES string of the molecule is C/C=C/CCc1ccc(-c2ccc(C)cc2)cc1.C=CC1CCC(C2CCC(CCCCC)CC2)CC1.CCCC1CCC(C2CCC(CC)CC2)CC1.CCCC1CCC(c2ccc(OCC)cc2)CC1.CCCCC1CCC(C2CCC(CCC)CC2)CC1.CCCCCC1CCC(C2CCC(CCC)CC2)CC1.CCCCCc1ccc(-c2ccc(C)cc2)cc1.CCCCCc1ccc(-c2ccc(OCC)cc2)cc1. The Balaban J connectivity index is 0.000000189. The summed E-state index contributed by atoms with van der Waals surface area (Å²) in [7, 11) is 0. The van der Waals surface area contributed by atoms with Gasteiger partial charge in [-0.15, -0.1) is 6.58 Å². The predicted molar refractivity (Wildman–Crippen MR) is 660 cm³/mol. The van der Waals surface area contributed by atoms with Crippen molar-refractivity contribution in [1.29, 1.82) is 0 Å². The van der Waals surface area contributed by atoms with E-state index in [1.165, 1.54) is 324 Å². The summed E-state index contributed by atoms with van der Waals surface area (Å²) in [5.41, 5.74) is 16.2. The van der Waals surface area contributed by atoms with Crippen LogP contribution in [0.25, 0.3) is 33.4 Å². The van der Waals surface area contributed by atoms with Crippen LogP contribution in [-0.4, -0.2) is 13.2 Å². The third-order valence-electron chi connectivity index (χ3n) is 38.4. The minimum atomic E-state index is 0.714. The Bertz CT molecular complexity index is 4340. The van der Waals surface area contributed by atoms with E-state index < -0.39 is 0 Å². The monoisotopic (exact) mass is 2030 g/mol. The van der Waals surface area contributed by atoms with Crippen molar-refractivity contribution in [3.05, 3.63) is 228 Å². The topological polar surface area (TPSA) is 18.5 Å². The van der Waals surface area contributed by atoms with E-state index in [1.54, 1.807) is 154 Å². The van der Waals surface area contributed by atoms with Gasteiger partial charge in [-0.2, -0.15) is 0 Å². The standard InChI is InChI=1S/C20H38.C19H24O.C19H34.C19H36.C18H22.C18H20.C17H26O.C17H32/c1-3-5-6-8-18-11-15-20(16-12-18)19-13-9-17(7-4-2)10-14-19;1-3-5-6-7-16-8-10-17(11-9-16)18-12-14-19(15-13-18)20-4-2;1-3-5-6-7-17-10-14-19(15-11-17)18-12-8-16(4-2)9-13-18;1-3-5-7-17-10-14-19(15-11-17)18-12-8-16(6-4-2)9-13-18;2*1-3-4-5-6-16-9-13-18(14-10-16)17-11-7-15(2)8-12-17;1-3-5-14-6-8-15(9-7-14)16-10-12-17(13-11-16)18-4-2;1-3-5-15-8-12-17(13-9-15)16-10-6-14(4-2)7-11-16/h17-20H,3-16H2,1-2H3;8-15H,3-7H2,1-2H3;4,16-19H,2-3,5-15H2,1H3;16-19H,3-15H2,1-2H3;7-14H,3-6H2,1-2H3;3-4,7-14H,5-6H2,1-2H3;10-15H,3-9H2,1-2H3;14-17H,3-13H2,1-2H3/b;;;;;4-3+;;. The summed E-state index contributed by atoms with van der Waals surface area (Å²) in [6.45, 7) is 39.0. The molecule has 0 atom stereocenters. The number of aryl methyl sites for hydroxylation is 5. The molecule has 9 aliphatic rings. The van der Waals surface area contributed by atoms with Crippen molar-refractivity contribution in [1.82, 2.24) is 0 Å². The molecule has 0 aliphatic heterocycles. The highest BCUT2D eigenvalue weighted by molar-refractivity contribution is 5.66. The van der Waals surface area contributed by atoms with Crippen LogP contribution < -0.4 is 9.47 Å². The van der Waals surface area contributed by atoms with Crippen molar-refractivity contribution in [3.63, 3.8) is 0 Å². The van der Waals surface area contributed by atoms with Crippen LogP contribution in [0, 0.1) is 114 Å². The van der Waals surface area contributed by atoms with Gasteiger partial charge in [0, 0.05) is 0 Å². The van der Waals surface area contributed by atoms with Gasteiger partial charge in [0.15, 0.2) is 0 Å². The van der Waals surface area contributed by atoms with Crippen molar-refractivity contribution in [2.75, 3.05) is 13.2 Å². The van der Waals surface area contributed by atoms with Crippen LogP contribution in [0.2, 0.25) is 0 Å². The predicted octanol–water partition coefficient (Wildman–Crippen LogP) is 47.0. The molecule has 0 amide bonds. The molecule has 2 nitrogen and oxygen atoms in total. The Labute approximate surface area is 923 Å². The van der Waals surface area contributed by atoms with Crippen LogP contribution in [0.5, 0.6) is 11.5 Å². The fourth-order valence-electron chi connectivity index (χ4n) is 28.5. The molecule has 0 unspecified atom stereocenters. The Kier molecular flexibility index (Phi) is 65.2. The molecular formula is C147H232O2. The second-order valence-electron chi connectivity index (χ2n) is 49.6. The highest BCUT2D eigenvalue weighted by Gasteiger charge is 2.36. The zero-order valence-electron chi connectivity index (χ0n) is 99.9. The molecule has 9 fully saturated rings. The van der Waals surface area contributed by atoms with Crippen LogP contribution in [0.1, 0.15) is 534 Å². The lowest BCUT2D eigenvalue weighted by molar-refractivity contribution is 0.140. The normalized spacial score (nSPS) is 25.3. The molecule has 0 N–H and O–H groups in total. The van der Waals surface area contributed by atoms with Crippen molar-refractivity contribution in [3.8, 4) is 44.9 Å². The summed E-state index contributed by atoms with van der Waals surface area (Å²) >= 11 is 0. The van der Waals surface area contributed by atoms with Gasteiger partial charge < -0.3 is 9.47 Å². The molecule has 9 saturated carbocycles. The zero-order chi connectivity index (χ0) is 106. The zero-order valence-corrected chi connectivity index (χ0v) is 99.9. The molecule has 16 rings (SSSR count).